The Morgan fingerprint density at radius 2 is 2.23 bits per heavy atom. The van der Waals surface area contributed by atoms with Crippen LogP contribution in [0.3, 0.4) is 0 Å². The number of aliphatic hydroxyl groups excluding tert-OH is 1. The molecule has 0 aromatic rings. The van der Waals surface area contributed by atoms with Crippen LogP contribution in [0.25, 0.3) is 0 Å². The summed E-state index contributed by atoms with van der Waals surface area (Å²) in [6.07, 6.45) is 1.27. The molecule has 0 aliphatic carbocycles. The lowest BCUT2D eigenvalue weighted by atomic mass is 10.6. The maximum Gasteiger partial charge on any atom is 0.347 e. The van der Waals surface area contributed by atoms with E-state index in [4.69, 9.17) is 5.11 Å². The molecule has 0 unspecified atom stereocenters. The number of imide groups is 1. The van der Waals surface area contributed by atoms with Gasteiger partial charge in [-0.15, -0.1) is 11.5 Å². The minimum absolute atomic E-state index is 0.103. The van der Waals surface area contributed by atoms with Crippen molar-refractivity contribution in [2.75, 3.05) is 13.2 Å². The summed E-state index contributed by atoms with van der Waals surface area (Å²) in [5.74, 6) is -0.900. The standard InChI is InChI=1S/C6H9N3O4/c1-2-3-9(8-13)6(12)7-5(11)4-10/h2,10H,1,3-4H2,(H,7,11,12). The highest BCUT2D eigenvalue weighted by Gasteiger charge is 2.14. The summed E-state index contributed by atoms with van der Waals surface area (Å²) >= 11 is 0. The van der Waals surface area contributed by atoms with E-state index in [9.17, 15) is 14.5 Å². The lowest BCUT2D eigenvalue weighted by molar-refractivity contribution is -0.122. The van der Waals surface area contributed by atoms with E-state index in [1.54, 1.807) is 5.32 Å². The van der Waals surface area contributed by atoms with E-state index in [-0.39, 0.29) is 6.54 Å². The van der Waals surface area contributed by atoms with Gasteiger partial charge in [0.05, 0.1) is 11.8 Å². The van der Waals surface area contributed by atoms with Crippen LogP contribution in [0.15, 0.2) is 17.9 Å². The molecule has 0 fully saturated rings. The highest BCUT2D eigenvalue weighted by Crippen LogP contribution is 1.89. The smallest absolute Gasteiger partial charge is 0.347 e. The molecule has 0 bridgehead atoms. The summed E-state index contributed by atoms with van der Waals surface area (Å²) in [5.41, 5.74) is 0. The van der Waals surface area contributed by atoms with Crippen LogP contribution in [0.1, 0.15) is 0 Å². The first kappa shape index (κ1) is 11.2. The Kier molecular flexibility index (Phi) is 5.05. The van der Waals surface area contributed by atoms with E-state index in [1.807, 2.05) is 0 Å². The number of nitrogens with one attached hydrogen (secondary N) is 1. The second kappa shape index (κ2) is 5.84. The molecular formula is C6H9N3O4. The fourth-order valence-corrected chi connectivity index (χ4v) is 0.499. The van der Waals surface area contributed by atoms with Gasteiger partial charge in [0.15, 0.2) is 0 Å². The Morgan fingerprint density at radius 3 is 2.62 bits per heavy atom. The third-order valence-electron chi connectivity index (χ3n) is 1.02. The summed E-state index contributed by atoms with van der Waals surface area (Å²) in [4.78, 5) is 31.3. The highest BCUT2D eigenvalue weighted by atomic mass is 16.3. The monoisotopic (exact) mass is 187 g/mol. The molecule has 0 aromatic heterocycles. The van der Waals surface area contributed by atoms with Crippen molar-refractivity contribution in [3.63, 3.8) is 0 Å². The van der Waals surface area contributed by atoms with Crippen LogP contribution in [0, 0.1) is 4.91 Å². The molecule has 0 heterocycles. The van der Waals surface area contributed by atoms with Gasteiger partial charge in [0.2, 0.25) is 0 Å². The van der Waals surface area contributed by atoms with Gasteiger partial charge in [-0.2, -0.15) is 5.01 Å². The number of amides is 3. The number of nitroso groups, excluding NO2 is 1. The number of carbonyl (C=O) groups is 2. The molecule has 7 nitrogen and oxygen atoms in total. The van der Waals surface area contributed by atoms with Crippen molar-refractivity contribution in [3.05, 3.63) is 17.6 Å². The molecular weight excluding hydrogens is 178 g/mol. The second-order valence-electron chi connectivity index (χ2n) is 1.96. The van der Waals surface area contributed by atoms with Gasteiger partial charge in [-0.05, 0) is 0 Å². The Bertz CT molecular complexity index is 228. The van der Waals surface area contributed by atoms with Gasteiger partial charge < -0.3 is 5.11 Å². The number of nitrogens with zero attached hydrogens (tertiary/aromatic N) is 2. The van der Waals surface area contributed by atoms with Gasteiger partial charge in [-0.25, -0.2) is 4.79 Å². The molecule has 0 aliphatic heterocycles. The second-order valence-corrected chi connectivity index (χ2v) is 1.96. The van der Waals surface area contributed by atoms with Crippen LogP contribution >= 0.6 is 0 Å². The molecule has 0 radical (unpaired) electrons. The van der Waals surface area contributed by atoms with Crippen molar-refractivity contribution >= 4 is 11.9 Å². The van der Waals surface area contributed by atoms with Crippen LogP contribution in [0.5, 0.6) is 0 Å². The van der Waals surface area contributed by atoms with Crippen LogP contribution < -0.4 is 5.32 Å². The molecule has 0 aromatic carbocycles. The molecule has 3 amide bonds. The van der Waals surface area contributed by atoms with Gasteiger partial charge in [-0.3, -0.25) is 10.1 Å². The van der Waals surface area contributed by atoms with Gasteiger partial charge >= 0.3 is 6.03 Å². The van der Waals surface area contributed by atoms with E-state index in [0.29, 0.717) is 5.01 Å². The number of hydrogen-bond donors (Lipinski definition) is 2. The number of hydrogen-bond acceptors (Lipinski definition) is 5. The average Bonchev–Trinajstić information content (AvgIpc) is 2.13. The summed E-state index contributed by atoms with van der Waals surface area (Å²) in [5, 5.41) is 12.8. The van der Waals surface area contributed by atoms with Crippen LogP contribution in [0.4, 0.5) is 4.79 Å². The molecule has 2 N–H and O–H groups in total. The van der Waals surface area contributed by atoms with Gasteiger partial charge in [-0.1, -0.05) is 6.08 Å². The van der Waals surface area contributed by atoms with Gasteiger partial charge in [0, 0.05) is 0 Å². The fraction of sp³-hybridized carbons (Fsp3) is 0.333. The lowest BCUT2D eigenvalue weighted by Crippen LogP contribution is -2.41. The average molecular weight is 187 g/mol. The van der Waals surface area contributed by atoms with Crippen molar-refractivity contribution in [2.45, 2.75) is 0 Å². The molecule has 7 heteroatoms. The van der Waals surface area contributed by atoms with E-state index in [1.165, 1.54) is 6.08 Å². The third kappa shape index (κ3) is 3.97. The van der Waals surface area contributed by atoms with E-state index >= 15 is 0 Å². The first-order valence-corrected chi connectivity index (χ1v) is 3.32. The first-order valence-electron chi connectivity index (χ1n) is 3.32. The Labute approximate surface area is 74.0 Å². The topological polar surface area (TPSA) is 99.1 Å². The van der Waals surface area contributed by atoms with Crippen molar-refractivity contribution in [2.24, 2.45) is 5.29 Å². The molecule has 0 saturated carbocycles. The number of carbonyl (C=O) groups excluding carboxylic acids is 2. The summed E-state index contributed by atoms with van der Waals surface area (Å²) in [6, 6.07) is -0.992. The predicted molar refractivity (Wildman–Crippen MR) is 43.3 cm³/mol. The molecule has 0 saturated heterocycles. The van der Waals surface area contributed by atoms with E-state index in [0.717, 1.165) is 0 Å². The molecule has 72 valence electrons. The predicted octanol–water partition coefficient (Wildman–Crippen LogP) is -0.616. The minimum Gasteiger partial charge on any atom is -0.387 e. The fourth-order valence-electron chi connectivity index (χ4n) is 0.499. The quantitative estimate of drug-likeness (QED) is 0.348. The molecule has 0 atom stereocenters. The van der Waals surface area contributed by atoms with Gasteiger partial charge in [0.1, 0.15) is 6.61 Å². The van der Waals surface area contributed by atoms with E-state index < -0.39 is 18.5 Å². The number of rotatable bonds is 4. The van der Waals surface area contributed by atoms with Crippen LogP contribution in [-0.4, -0.2) is 35.2 Å². The Morgan fingerprint density at radius 1 is 1.62 bits per heavy atom. The number of urea groups is 1. The zero-order valence-corrected chi connectivity index (χ0v) is 6.77. The molecule has 0 aliphatic rings. The summed E-state index contributed by atoms with van der Waals surface area (Å²) in [6.45, 7) is 2.35. The molecule has 0 rings (SSSR count). The zero-order valence-electron chi connectivity index (χ0n) is 6.77. The van der Waals surface area contributed by atoms with Gasteiger partial charge in [0.25, 0.3) is 5.91 Å². The Balaban J connectivity index is 4.12. The summed E-state index contributed by atoms with van der Waals surface area (Å²) < 4.78 is 0. The minimum atomic E-state index is -0.992. The maximum absolute atomic E-state index is 10.9. The Hall–Kier alpha value is -1.76. The maximum atomic E-state index is 10.9. The van der Waals surface area contributed by atoms with E-state index in [2.05, 4.69) is 11.9 Å². The van der Waals surface area contributed by atoms with Crippen molar-refractivity contribution in [3.8, 4) is 0 Å². The number of aliphatic hydroxyl groups is 1. The van der Waals surface area contributed by atoms with Crippen molar-refractivity contribution < 1.29 is 14.7 Å². The van der Waals surface area contributed by atoms with Crippen LogP contribution in [0.2, 0.25) is 0 Å². The lowest BCUT2D eigenvalue weighted by Gasteiger charge is -2.10. The van der Waals surface area contributed by atoms with Crippen molar-refractivity contribution in [1.82, 2.24) is 10.3 Å². The third-order valence-corrected chi connectivity index (χ3v) is 1.02. The normalized spacial score (nSPS) is 8.69. The highest BCUT2D eigenvalue weighted by molar-refractivity contribution is 5.94. The zero-order chi connectivity index (χ0) is 10.3. The molecule has 13 heavy (non-hydrogen) atoms. The first-order chi connectivity index (χ1) is 6.15. The van der Waals surface area contributed by atoms with Crippen molar-refractivity contribution in [1.29, 1.82) is 0 Å². The van der Waals surface area contributed by atoms with Crippen LogP contribution in [-0.2, 0) is 4.79 Å². The SMILES string of the molecule is C=CCN(N=O)C(=O)NC(=O)CO. The summed E-state index contributed by atoms with van der Waals surface area (Å²) in [7, 11) is 0. The molecule has 0 spiro atoms. The largest absolute Gasteiger partial charge is 0.387 e.